The largest absolute Gasteiger partial charge is 0.387 e. The fourth-order valence-corrected chi connectivity index (χ4v) is 4.59. The van der Waals surface area contributed by atoms with Crippen molar-refractivity contribution in [3.8, 4) is 0 Å². The Morgan fingerprint density at radius 2 is 2.00 bits per heavy atom. The number of halogens is 1. The van der Waals surface area contributed by atoms with Crippen molar-refractivity contribution in [1.29, 1.82) is 0 Å². The number of benzene rings is 1. The summed E-state index contributed by atoms with van der Waals surface area (Å²) in [6, 6.07) is 7.32. The molecule has 0 aliphatic carbocycles. The summed E-state index contributed by atoms with van der Waals surface area (Å²) in [6.45, 7) is 3.27. The summed E-state index contributed by atoms with van der Waals surface area (Å²) >= 11 is 1.39. The average molecular weight is 329 g/mol. The minimum atomic E-state index is -3.71. The van der Waals surface area contributed by atoms with E-state index in [1.165, 1.54) is 29.5 Å². The molecule has 1 aromatic carbocycles. The summed E-state index contributed by atoms with van der Waals surface area (Å²) in [5.41, 5.74) is 0.0680. The molecule has 0 saturated carbocycles. The summed E-state index contributed by atoms with van der Waals surface area (Å²) in [4.78, 5) is 1.77. The third kappa shape index (κ3) is 3.68. The third-order valence-corrected chi connectivity index (χ3v) is 5.66. The Morgan fingerprint density at radius 3 is 2.57 bits per heavy atom. The first-order valence-electron chi connectivity index (χ1n) is 6.30. The Labute approximate surface area is 127 Å². The fraction of sp³-hybridized carbons (Fsp3) is 0.286. The van der Waals surface area contributed by atoms with Gasteiger partial charge in [0.15, 0.2) is 0 Å². The number of hydrogen-bond acceptors (Lipinski definition) is 4. The molecule has 1 atom stereocenters. The van der Waals surface area contributed by atoms with E-state index in [0.29, 0.717) is 4.88 Å². The van der Waals surface area contributed by atoms with Crippen LogP contribution in [-0.2, 0) is 10.0 Å². The van der Waals surface area contributed by atoms with Crippen molar-refractivity contribution < 1.29 is 17.9 Å². The van der Waals surface area contributed by atoms with Gasteiger partial charge in [0.05, 0.1) is 11.0 Å². The zero-order chi connectivity index (χ0) is 15.6. The monoisotopic (exact) mass is 329 g/mol. The van der Waals surface area contributed by atoms with Crippen LogP contribution >= 0.6 is 11.3 Å². The molecule has 0 amide bonds. The lowest BCUT2D eigenvalue weighted by Gasteiger charge is -2.13. The first-order chi connectivity index (χ1) is 9.81. The Morgan fingerprint density at radius 1 is 1.33 bits per heavy atom. The molecule has 114 valence electrons. The van der Waals surface area contributed by atoms with E-state index in [1.54, 1.807) is 19.1 Å². The van der Waals surface area contributed by atoms with Crippen molar-refractivity contribution in [3.05, 3.63) is 51.5 Å². The molecule has 1 heterocycles. The third-order valence-electron chi connectivity index (χ3n) is 3.02. The normalized spacial score (nSPS) is 13.3. The van der Waals surface area contributed by atoms with E-state index < -0.39 is 21.9 Å². The van der Waals surface area contributed by atoms with Crippen LogP contribution in [0.2, 0.25) is 0 Å². The number of sulfonamides is 1. The van der Waals surface area contributed by atoms with Gasteiger partial charge in [-0.3, -0.25) is 0 Å². The fourth-order valence-electron chi connectivity index (χ4n) is 2.00. The van der Waals surface area contributed by atoms with Gasteiger partial charge in [0.25, 0.3) is 0 Å². The number of aliphatic hydroxyl groups excluding tert-OH is 1. The molecule has 0 bridgehead atoms. The van der Waals surface area contributed by atoms with E-state index in [9.17, 15) is 17.9 Å². The van der Waals surface area contributed by atoms with E-state index in [0.717, 1.165) is 4.88 Å². The van der Waals surface area contributed by atoms with Gasteiger partial charge >= 0.3 is 0 Å². The van der Waals surface area contributed by atoms with Gasteiger partial charge in [-0.15, -0.1) is 11.3 Å². The minimum Gasteiger partial charge on any atom is -0.387 e. The molecule has 0 unspecified atom stereocenters. The Bertz CT molecular complexity index is 740. The van der Waals surface area contributed by atoms with Crippen molar-refractivity contribution >= 4 is 21.4 Å². The standard InChI is InChI=1S/C14H16FNO3S2/c1-9-7-14(10(2)20-9)21(18,19)16-8-13(17)11-5-3-4-6-12(11)15/h3-7,13,16-17H,8H2,1-2H3/t13-/m0/s1. The van der Waals surface area contributed by atoms with E-state index in [-0.39, 0.29) is 17.0 Å². The van der Waals surface area contributed by atoms with Crippen LogP contribution in [0.15, 0.2) is 35.2 Å². The number of rotatable bonds is 5. The quantitative estimate of drug-likeness (QED) is 0.886. The summed E-state index contributed by atoms with van der Waals surface area (Å²) in [5.74, 6) is -0.563. The molecule has 21 heavy (non-hydrogen) atoms. The Kier molecular flexibility index (Phi) is 4.77. The molecule has 0 aliphatic rings. The Hall–Kier alpha value is -1.28. The van der Waals surface area contributed by atoms with E-state index in [4.69, 9.17) is 0 Å². The van der Waals surface area contributed by atoms with Crippen molar-refractivity contribution in [2.24, 2.45) is 0 Å². The second kappa shape index (κ2) is 6.23. The molecule has 7 heteroatoms. The van der Waals surface area contributed by atoms with Gasteiger partial charge in [0.1, 0.15) is 5.82 Å². The molecule has 2 rings (SSSR count). The van der Waals surface area contributed by atoms with E-state index in [2.05, 4.69) is 4.72 Å². The lowest BCUT2D eigenvalue weighted by molar-refractivity contribution is 0.177. The van der Waals surface area contributed by atoms with Crippen molar-refractivity contribution in [2.45, 2.75) is 24.8 Å². The van der Waals surface area contributed by atoms with Gasteiger partial charge in [0.2, 0.25) is 10.0 Å². The van der Waals surface area contributed by atoms with Gasteiger partial charge in [-0.25, -0.2) is 17.5 Å². The van der Waals surface area contributed by atoms with Crippen molar-refractivity contribution in [3.63, 3.8) is 0 Å². The van der Waals surface area contributed by atoms with E-state index >= 15 is 0 Å². The molecule has 0 fully saturated rings. The van der Waals surface area contributed by atoms with Crippen LogP contribution in [0.3, 0.4) is 0 Å². The number of nitrogens with one attached hydrogen (secondary N) is 1. The van der Waals surface area contributed by atoms with Crippen LogP contribution in [0.4, 0.5) is 4.39 Å². The molecule has 2 aromatic rings. The van der Waals surface area contributed by atoms with Crippen molar-refractivity contribution in [1.82, 2.24) is 4.72 Å². The molecule has 2 N–H and O–H groups in total. The predicted molar refractivity (Wildman–Crippen MR) is 80.3 cm³/mol. The molecule has 0 saturated heterocycles. The number of hydrogen-bond donors (Lipinski definition) is 2. The summed E-state index contributed by atoms with van der Waals surface area (Å²) in [5, 5.41) is 9.92. The highest BCUT2D eigenvalue weighted by Gasteiger charge is 2.21. The zero-order valence-corrected chi connectivity index (χ0v) is 13.3. The van der Waals surface area contributed by atoms with E-state index in [1.807, 2.05) is 6.92 Å². The lowest BCUT2D eigenvalue weighted by atomic mass is 10.1. The van der Waals surface area contributed by atoms with Crippen LogP contribution in [0.5, 0.6) is 0 Å². The number of aryl methyl sites for hydroxylation is 2. The van der Waals surface area contributed by atoms with Crippen LogP contribution < -0.4 is 4.72 Å². The summed E-state index contributed by atoms with van der Waals surface area (Å²) in [6.07, 6.45) is -1.24. The van der Waals surface area contributed by atoms with Gasteiger partial charge in [-0.2, -0.15) is 0 Å². The van der Waals surface area contributed by atoms with Crippen LogP contribution in [0, 0.1) is 19.7 Å². The average Bonchev–Trinajstić information content (AvgIpc) is 2.76. The maximum absolute atomic E-state index is 13.5. The number of aliphatic hydroxyl groups is 1. The number of thiophene rings is 1. The molecular formula is C14H16FNO3S2. The molecule has 0 spiro atoms. The second-order valence-corrected chi connectivity index (χ2v) is 7.86. The predicted octanol–water partition coefficient (Wildman–Crippen LogP) is 2.52. The lowest BCUT2D eigenvalue weighted by Crippen LogP contribution is -2.29. The first-order valence-corrected chi connectivity index (χ1v) is 8.60. The maximum Gasteiger partial charge on any atom is 0.241 e. The molecule has 1 aromatic heterocycles. The highest BCUT2D eigenvalue weighted by atomic mass is 32.2. The zero-order valence-electron chi connectivity index (χ0n) is 11.6. The highest BCUT2D eigenvalue weighted by molar-refractivity contribution is 7.89. The van der Waals surface area contributed by atoms with Crippen LogP contribution in [0.1, 0.15) is 21.4 Å². The van der Waals surface area contributed by atoms with Gasteiger partial charge in [-0.05, 0) is 26.0 Å². The smallest absolute Gasteiger partial charge is 0.241 e. The van der Waals surface area contributed by atoms with Gasteiger partial charge in [-0.1, -0.05) is 18.2 Å². The topological polar surface area (TPSA) is 66.4 Å². The van der Waals surface area contributed by atoms with Crippen LogP contribution in [0.25, 0.3) is 0 Å². The maximum atomic E-state index is 13.5. The minimum absolute atomic E-state index is 0.0680. The van der Waals surface area contributed by atoms with Crippen LogP contribution in [-0.4, -0.2) is 20.1 Å². The highest BCUT2D eigenvalue weighted by Crippen LogP contribution is 2.25. The van der Waals surface area contributed by atoms with Gasteiger partial charge < -0.3 is 5.11 Å². The van der Waals surface area contributed by atoms with Crippen molar-refractivity contribution in [2.75, 3.05) is 6.54 Å². The Balaban J connectivity index is 2.12. The van der Waals surface area contributed by atoms with Gasteiger partial charge in [0, 0.05) is 21.9 Å². The summed E-state index contributed by atoms with van der Waals surface area (Å²) < 4.78 is 40.2. The first kappa shape index (κ1) is 16.1. The molecule has 4 nitrogen and oxygen atoms in total. The molecule has 0 radical (unpaired) electrons. The molecular weight excluding hydrogens is 313 g/mol. The summed E-state index contributed by atoms with van der Waals surface area (Å²) in [7, 11) is -3.71. The molecule has 0 aliphatic heterocycles. The SMILES string of the molecule is Cc1cc(S(=O)(=O)NC[C@H](O)c2ccccc2F)c(C)s1. The second-order valence-electron chi connectivity index (χ2n) is 4.67.